The maximum Gasteiger partial charge on any atom is 0.323 e. The first kappa shape index (κ1) is 16.7. The number of aromatic carboxylic acids is 1. The van der Waals surface area contributed by atoms with Crippen molar-refractivity contribution >= 4 is 29.1 Å². The number of carbonyl (C=O) groups excluding carboxylic acids is 2. The van der Waals surface area contributed by atoms with Gasteiger partial charge >= 0.3 is 6.03 Å². The molecule has 9 nitrogen and oxygen atoms in total. The summed E-state index contributed by atoms with van der Waals surface area (Å²) in [6, 6.07) is 8.51. The summed E-state index contributed by atoms with van der Waals surface area (Å²) in [5.41, 5.74) is 0.416. The molecule has 0 aromatic heterocycles. The zero-order chi connectivity index (χ0) is 17.7. The Morgan fingerprint density at radius 2 is 1.75 bits per heavy atom. The van der Waals surface area contributed by atoms with Gasteiger partial charge in [0.1, 0.15) is 5.75 Å². The van der Waals surface area contributed by atoms with Gasteiger partial charge in [-0.1, -0.05) is 12.1 Å². The molecule has 0 bridgehead atoms. The number of benzene rings is 2. The van der Waals surface area contributed by atoms with Gasteiger partial charge in [-0.2, -0.15) is 0 Å². The van der Waals surface area contributed by atoms with E-state index in [0.717, 1.165) is 0 Å². The van der Waals surface area contributed by atoms with Crippen molar-refractivity contribution in [3.8, 4) is 5.75 Å². The van der Waals surface area contributed by atoms with Gasteiger partial charge in [-0.25, -0.2) is 4.79 Å². The van der Waals surface area contributed by atoms with E-state index in [1.807, 2.05) is 0 Å². The third-order valence-electron chi connectivity index (χ3n) is 3.02. The third kappa shape index (κ3) is 3.97. The SMILES string of the molecule is COc1cc([N+](=O)[O-])ccc1NC(=O)Nc1ccc(C(=O)[O-])cc1. The maximum atomic E-state index is 11.9. The molecule has 2 aromatic carbocycles. The molecule has 0 saturated heterocycles. The molecule has 2 N–H and O–H groups in total. The average molecular weight is 330 g/mol. The number of ether oxygens (including phenoxy) is 1. The van der Waals surface area contributed by atoms with Crippen LogP contribution < -0.4 is 20.5 Å². The summed E-state index contributed by atoms with van der Waals surface area (Å²) < 4.78 is 5.01. The second kappa shape index (κ2) is 7.09. The number of nitrogens with one attached hydrogen (secondary N) is 2. The van der Waals surface area contributed by atoms with Gasteiger partial charge in [0.15, 0.2) is 0 Å². The van der Waals surface area contributed by atoms with Gasteiger partial charge in [0.2, 0.25) is 0 Å². The summed E-state index contributed by atoms with van der Waals surface area (Å²) in [7, 11) is 1.32. The zero-order valence-electron chi connectivity index (χ0n) is 12.4. The maximum absolute atomic E-state index is 11.9. The second-order valence-electron chi connectivity index (χ2n) is 4.59. The van der Waals surface area contributed by atoms with Crippen LogP contribution in [0.25, 0.3) is 0 Å². The number of carbonyl (C=O) groups is 2. The summed E-state index contributed by atoms with van der Waals surface area (Å²) in [4.78, 5) is 32.7. The van der Waals surface area contributed by atoms with Gasteiger partial charge in [0.05, 0.1) is 29.8 Å². The Kier molecular flexibility index (Phi) is 4.95. The molecule has 2 aromatic rings. The van der Waals surface area contributed by atoms with Crippen molar-refractivity contribution in [2.75, 3.05) is 17.7 Å². The average Bonchev–Trinajstić information content (AvgIpc) is 2.55. The van der Waals surface area contributed by atoms with Crippen molar-refractivity contribution in [3.63, 3.8) is 0 Å². The molecule has 0 heterocycles. The largest absolute Gasteiger partial charge is 0.545 e. The van der Waals surface area contributed by atoms with Gasteiger partial charge in [0, 0.05) is 11.8 Å². The van der Waals surface area contributed by atoms with E-state index in [2.05, 4.69) is 10.6 Å². The van der Waals surface area contributed by atoms with E-state index in [1.54, 1.807) is 0 Å². The van der Waals surface area contributed by atoms with Crippen LogP contribution in [0.3, 0.4) is 0 Å². The van der Waals surface area contributed by atoms with Crippen LogP contribution in [0.4, 0.5) is 21.9 Å². The number of nitrogens with zero attached hydrogens (tertiary/aromatic N) is 1. The van der Waals surface area contributed by atoms with Gasteiger partial charge < -0.3 is 25.3 Å². The lowest BCUT2D eigenvalue weighted by molar-refractivity contribution is -0.384. The minimum absolute atomic E-state index is 0.0157. The molecule has 0 unspecified atom stereocenters. The molecule has 0 aliphatic carbocycles. The Hall–Kier alpha value is -3.62. The number of rotatable bonds is 5. The number of amides is 2. The van der Waals surface area contributed by atoms with Gasteiger partial charge in [0.25, 0.3) is 5.69 Å². The highest BCUT2D eigenvalue weighted by atomic mass is 16.6. The standard InChI is InChI=1S/C15H13N3O6/c1-24-13-8-11(18(22)23)6-7-12(13)17-15(21)16-10-4-2-9(3-5-10)14(19)20/h2-8H,1H3,(H,19,20)(H2,16,17,21)/p-1. The van der Waals surface area contributed by atoms with Crippen LogP contribution in [0.1, 0.15) is 10.4 Å². The lowest BCUT2D eigenvalue weighted by Crippen LogP contribution is -2.22. The smallest absolute Gasteiger partial charge is 0.323 e. The van der Waals surface area contributed by atoms with E-state index >= 15 is 0 Å². The first-order valence-electron chi connectivity index (χ1n) is 6.62. The zero-order valence-corrected chi connectivity index (χ0v) is 12.4. The number of hydrogen-bond donors (Lipinski definition) is 2. The number of carboxylic acids is 1. The summed E-state index contributed by atoms with van der Waals surface area (Å²) in [5.74, 6) is -1.19. The van der Waals surface area contributed by atoms with Crippen molar-refractivity contribution in [1.82, 2.24) is 0 Å². The van der Waals surface area contributed by atoms with Gasteiger partial charge in [-0.15, -0.1) is 0 Å². The Labute approximate surface area is 136 Å². The fourth-order valence-corrected chi connectivity index (χ4v) is 1.87. The Balaban J connectivity index is 2.09. The number of carboxylic acid groups (broad SMARTS) is 1. The minimum atomic E-state index is -1.32. The highest BCUT2D eigenvalue weighted by Gasteiger charge is 2.13. The molecule has 2 rings (SSSR count). The number of methoxy groups -OCH3 is 1. The summed E-state index contributed by atoms with van der Waals surface area (Å²) in [6.45, 7) is 0. The lowest BCUT2D eigenvalue weighted by Gasteiger charge is -2.11. The quantitative estimate of drug-likeness (QED) is 0.632. The summed E-state index contributed by atoms with van der Waals surface area (Å²) in [6.07, 6.45) is 0. The molecule has 124 valence electrons. The van der Waals surface area contributed by atoms with Crippen molar-refractivity contribution in [2.45, 2.75) is 0 Å². The molecule has 0 atom stereocenters. The first-order chi connectivity index (χ1) is 11.4. The minimum Gasteiger partial charge on any atom is -0.545 e. The van der Waals surface area contributed by atoms with E-state index in [0.29, 0.717) is 5.69 Å². The Bertz CT molecular complexity index is 788. The van der Waals surface area contributed by atoms with Crippen LogP contribution in [0.15, 0.2) is 42.5 Å². The number of anilines is 2. The van der Waals surface area contributed by atoms with E-state index in [4.69, 9.17) is 4.74 Å². The number of non-ortho nitro benzene ring substituents is 1. The molecule has 0 fully saturated rings. The van der Waals surface area contributed by atoms with E-state index in [1.165, 1.54) is 49.6 Å². The predicted octanol–water partition coefficient (Wildman–Crippen LogP) is 1.61. The third-order valence-corrected chi connectivity index (χ3v) is 3.02. The monoisotopic (exact) mass is 330 g/mol. The summed E-state index contributed by atoms with van der Waals surface area (Å²) >= 11 is 0. The molecule has 0 saturated carbocycles. The van der Waals surface area contributed by atoms with Crippen LogP contribution in [-0.2, 0) is 0 Å². The van der Waals surface area contributed by atoms with Crippen LogP contribution in [0.2, 0.25) is 0 Å². The van der Waals surface area contributed by atoms with E-state index in [-0.39, 0.29) is 22.7 Å². The van der Waals surface area contributed by atoms with Crippen molar-refractivity contribution in [1.29, 1.82) is 0 Å². The topological polar surface area (TPSA) is 134 Å². The highest BCUT2D eigenvalue weighted by Crippen LogP contribution is 2.29. The molecule has 24 heavy (non-hydrogen) atoms. The Morgan fingerprint density at radius 1 is 1.08 bits per heavy atom. The summed E-state index contributed by atoms with van der Waals surface area (Å²) in [5, 5.41) is 26.4. The number of hydrogen-bond acceptors (Lipinski definition) is 6. The van der Waals surface area contributed by atoms with Crippen molar-refractivity contribution < 1.29 is 24.4 Å². The second-order valence-corrected chi connectivity index (χ2v) is 4.59. The van der Waals surface area contributed by atoms with E-state index in [9.17, 15) is 24.8 Å². The molecule has 0 radical (unpaired) electrons. The number of nitro benzene ring substituents is 1. The van der Waals surface area contributed by atoms with Crippen LogP contribution in [-0.4, -0.2) is 24.0 Å². The predicted molar refractivity (Wildman–Crippen MR) is 83.1 cm³/mol. The highest BCUT2D eigenvalue weighted by molar-refractivity contribution is 6.01. The van der Waals surface area contributed by atoms with Crippen LogP contribution in [0, 0.1) is 10.1 Å². The van der Waals surface area contributed by atoms with Gasteiger partial charge in [-0.3, -0.25) is 10.1 Å². The van der Waals surface area contributed by atoms with E-state index < -0.39 is 16.9 Å². The molecule has 0 aliphatic rings. The molecular weight excluding hydrogens is 318 g/mol. The molecule has 9 heteroatoms. The molecule has 0 aliphatic heterocycles. The number of nitro groups is 1. The van der Waals surface area contributed by atoms with Gasteiger partial charge in [-0.05, 0) is 23.8 Å². The van der Waals surface area contributed by atoms with Crippen LogP contribution >= 0.6 is 0 Å². The normalized spacial score (nSPS) is 9.88. The fourth-order valence-electron chi connectivity index (χ4n) is 1.87. The molecule has 2 amide bonds. The first-order valence-corrected chi connectivity index (χ1v) is 6.62. The lowest BCUT2D eigenvalue weighted by atomic mass is 10.2. The molecular formula is C15H12N3O6-. The van der Waals surface area contributed by atoms with Crippen molar-refractivity contribution in [3.05, 3.63) is 58.1 Å². The van der Waals surface area contributed by atoms with Crippen molar-refractivity contribution in [2.24, 2.45) is 0 Å². The Morgan fingerprint density at radius 3 is 2.29 bits per heavy atom. The fraction of sp³-hybridized carbons (Fsp3) is 0.0667. The molecule has 0 spiro atoms. The number of urea groups is 1. The van der Waals surface area contributed by atoms with Crippen LogP contribution in [0.5, 0.6) is 5.75 Å².